The molecule has 4 atom stereocenters. The lowest BCUT2D eigenvalue weighted by atomic mass is 9.64. The van der Waals surface area contributed by atoms with Crippen LogP contribution in [0.2, 0.25) is 0 Å². The predicted molar refractivity (Wildman–Crippen MR) is 246 cm³/mol. The first-order valence-electron chi connectivity index (χ1n) is 23.7. The second-order valence-electron chi connectivity index (χ2n) is 20.7. The minimum absolute atomic E-state index is 0.0302. The van der Waals surface area contributed by atoms with E-state index in [-0.39, 0.29) is 34.6 Å². The number of carbonyl (C=O) groups is 4. The normalized spacial score (nSPS) is 26.2. The van der Waals surface area contributed by atoms with Gasteiger partial charge in [0.1, 0.15) is 34.5 Å². The van der Waals surface area contributed by atoms with Gasteiger partial charge in [-0.2, -0.15) is 10.5 Å². The van der Waals surface area contributed by atoms with E-state index in [2.05, 4.69) is 52.9 Å². The van der Waals surface area contributed by atoms with Gasteiger partial charge in [0.25, 0.3) is 11.8 Å². The number of aromatic nitrogens is 4. The number of benzene rings is 2. The molecule has 0 saturated heterocycles. The van der Waals surface area contributed by atoms with Gasteiger partial charge in [0.2, 0.25) is 11.8 Å². The molecular formula is C53H51N10O4+. The quantitative estimate of drug-likeness (QED) is 0.0657. The van der Waals surface area contributed by atoms with Gasteiger partial charge in [0.05, 0.1) is 17.7 Å². The summed E-state index contributed by atoms with van der Waals surface area (Å²) in [6, 6.07) is 25.3. The molecular weight excluding hydrogens is 841 g/mol. The van der Waals surface area contributed by atoms with Gasteiger partial charge in [-0.25, -0.2) is 4.57 Å². The summed E-state index contributed by atoms with van der Waals surface area (Å²) < 4.78 is 2.10. The average Bonchev–Trinajstić information content (AvgIpc) is 4.25. The molecule has 2 spiro atoms. The van der Waals surface area contributed by atoms with Crippen molar-refractivity contribution in [2.75, 3.05) is 0 Å². The van der Waals surface area contributed by atoms with Crippen molar-refractivity contribution in [1.29, 1.82) is 10.5 Å². The maximum atomic E-state index is 14.7. The predicted octanol–water partition coefficient (Wildman–Crippen LogP) is 7.18. The highest BCUT2D eigenvalue weighted by Gasteiger charge is 2.75. The van der Waals surface area contributed by atoms with Crippen molar-refractivity contribution >= 4 is 45.2 Å². The molecule has 2 aromatic carbocycles. The highest BCUT2D eigenvalue weighted by Crippen LogP contribution is 2.69. The molecule has 6 aromatic rings. The Morgan fingerprint density at radius 3 is 1.79 bits per heavy atom. The first-order valence-corrected chi connectivity index (χ1v) is 23.7. The number of nitrogens with one attached hydrogen (secondary N) is 6. The van der Waals surface area contributed by atoms with Crippen LogP contribution in [-0.2, 0) is 9.59 Å². The van der Waals surface area contributed by atoms with E-state index in [4.69, 9.17) is 0 Å². The molecule has 6 aliphatic rings. The zero-order valence-electron chi connectivity index (χ0n) is 37.0. The lowest BCUT2D eigenvalue weighted by molar-refractivity contribution is -0.707. The van der Waals surface area contributed by atoms with E-state index in [1.165, 1.54) is 0 Å². The number of H-pyrrole nitrogens is 2. The molecule has 4 unspecified atom stereocenters. The molecule has 0 bridgehead atoms. The largest absolute Gasteiger partial charge is 0.354 e. The van der Waals surface area contributed by atoms with Gasteiger partial charge >= 0.3 is 0 Å². The van der Waals surface area contributed by atoms with E-state index in [0.717, 1.165) is 77.9 Å². The Morgan fingerprint density at radius 2 is 1.19 bits per heavy atom. The van der Waals surface area contributed by atoms with Crippen LogP contribution in [0.25, 0.3) is 21.5 Å². The number of amides is 4. The summed E-state index contributed by atoms with van der Waals surface area (Å²) in [4.78, 5) is 68.0. The number of fused-ring (bicyclic) bond motifs is 2. The molecule has 0 radical (unpaired) electrons. The molecule has 12 rings (SSSR count). The molecule has 6 saturated carbocycles. The van der Waals surface area contributed by atoms with Gasteiger partial charge in [-0.15, -0.1) is 0 Å². The molecule has 14 heteroatoms. The molecule has 4 amide bonds. The average molecular weight is 892 g/mol. The summed E-state index contributed by atoms with van der Waals surface area (Å²) in [5, 5.41) is 37.0. The minimum atomic E-state index is -1.31. The van der Waals surface area contributed by atoms with E-state index in [1.54, 1.807) is 24.5 Å². The summed E-state index contributed by atoms with van der Waals surface area (Å²) in [5.41, 5.74) is 1.26. The van der Waals surface area contributed by atoms with Crippen molar-refractivity contribution in [3.05, 3.63) is 131 Å². The fourth-order valence-corrected chi connectivity index (χ4v) is 11.7. The topological polar surface area (TPSA) is 212 Å². The summed E-state index contributed by atoms with van der Waals surface area (Å²) in [6.07, 6.45) is 16.9. The zero-order chi connectivity index (χ0) is 45.7. The fourth-order valence-electron chi connectivity index (χ4n) is 11.7. The van der Waals surface area contributed by atoms with Crippen molar-refractivity contribution in [3.63, 3.8) is 0 Å². The number of carbonyl (C=O) groups excluding carboxylic acids is 4. The molecule has 4 heterocycles. The third kappa shape index (κ3) is 7.21. The van der Waals surface area contributed by atoms with E-state index in [9.17, 15) is 29.7 Å². The number of pyridine rings is 2. The van der Waals surface area contributed by atoms with Crippen molar-refractivity contribution in [2.24, 2.45) is 10.8 Å². The standard InChI is InChI=1S/C53H50N10O4/c54-22-43(37-25-56-24-33-5-1-3-7-35(33)37)59-49(67)53(62-47(65)42-16-14-40(58-42)32-11-12-32)29-51(30-53)21-45(51)63-26-34-6-2-4-8-36(34)38(27-63)44(23-55)60-48(66)52(20-19-50(28-52)17-18-50)61-46(64)41-15-13-39(57-41)31-9-10-31/h1-8,13-16,24-27,31-32,43-45H,9-12,17-21,28-30H2,(H5-,57,58,59,60,61,62,64,65,66,67)/p+1. The van der Waals surface area contributed by atoms with Gasteiger partial charge in [0, 0.05) is 52.0 Å². The first-order chi connectivity index (χ1) is 32.5. The Balaban J connectivity index is 0.819. The minimum Gasteiger partial charge on any atom is -0.354 e. The maximum absolute atomic E-state index is 14.7. The number of hydrogen-bond donors (Lipinski definition) is 6. The zero-order valence-corrected chi connectivity index (χ0v) is 37.0. The van der Waals surface area contributed by atoms with Gasteiger partial charge in [-0.05, 0) is 129 Å². The van der Waals surface area contributed by atoms with Gasteiger partial charge in [0.15, 0.2) is 18.4 Å². The smallest absolute Gasteiger partial charge is 0.268 e. The highest BCUT2D eigenvalue weighted by molar-refractivity contribution is 6.00. The first kappa shape index (κ1) is 41.1. The van der Waals surface area contributed by atoms with Crippen molar-refractivity contribution in [3.8, 4) is 12.1 Å². The van der Waals surface area contributed by atoms with Gasteiger partial charge in [-0.1, -0.05) is 42.5 Å². The van der Waals surface area contributed by atoms with Crippen LogP contribution in [0.1, 0.15) is 151 Å². The summed E-state index contributed by atoms with van der Waals surface area (Å²) >= 11 is 0. The molecule has 6 fully saturated rings. The summed E-state index contributed by atoms with van der Waals surface area (Å²) in [5.74, 6) is -0.643. The molecule has 67 heavy (non-hydrogen) atoms. The molecule has 14 nitrogen and oxygen atoms in total. The van der Waals surface area contributed by atoms with Crippen LogP contribution in [-0.4, -0.2) is 49.7 Å². The van der Waals surface area contributed by atoms with Gasteiger partial charge in [-0.3, -0.25) is 24.2 Å². The number of aromatic amines is 2. The third-order valence-electron chi connectivity index (χ3n) is 16.0. The Labute approximate surface area is 386 Å². The molecule has 336 valence electrons. The summed E-state index contributed by atoms with van der Waals surface area (Å²) in [6.45, 7) is 0. The number of nitriles is 2. The molecule has 4 aromatic heterocycles. The van der Waals surface area contributed by atoms with Crippen molar-refractivity contribution in [2.45, 2.75) is 118 Å². The number of hydrogen-bond acceptors (Lipinski definition) is 7. The van der Waals surface area contributed by atoms with Crippen LogP contribution < -0.4 is 25.8 Å². The fraction of sp³-hybridized carbons (Fsp3) is 0.396. The Bertz CT molecular complexity index is 3130. The van der Waals surface area contributed by atoms with Crippen LogP contribution in [0, 0.1) is 33.5 Å². The van der Waals surface area contributed by atoms with E-state index < -0.39 is 29.1 Å². The highest BCUT2D eigenvalue weighted by atomic mass is 16.2. The van der Waals surface area contributed by atoms with Crippen molar-refractivity contribution in [1.82, 2.24) is 36.2 Å². The Kier molecular flexibility index (Phi) is 9.27. The summed E-state index contributed by atoms with van der Waals surface area (Å²) in [7, 11) is 0. The van der Waals surface area contributed by atoms with E-state index in [0.29, 0.717) is 66.5 Å². The Morgan fingerprint density at radius 1 is 0.642 bits per heavy atom. The molecule has 0 aliphatic heterocycles. The lowest BCUT2D eigenvalue weighted by Gasteiger charge is -2.47. The lowest BCUT2D eigenvalue weighted by Crippen LogP contribution is -2.67. The van der Waals surface area contributed by atoms with Crippen LogP contribution in [0.15, 0.2) is 97.6 Å². The Hall–Kier alpha value is -7.32. The monoisotopic (exact) mass is 891 g/mol. The van der Waals surface area contributed by atoms with E-state index >= 15 is 0 Å². The molecule has 6 aliphatic carbocycles. The molecule has 6 N–H and O–H groups in total. The third-order valence-corrected chi connectivity index (χ3v) is 16.0. The van der Waals surface area contributed by atoms with Crippen LogP contribution in [0.4, 0.5) is 0 Å². The van der Waals surface area contributed by atoms with E-state index in [1.807, 2.05) is 73.1 Å². The maximum Gasteiger partial charge on any atom is 0.268 e. The van der Waals surface area contributed by atoms with Crippen molar-refractivity contribution < 1.29 is 23.7 Å². The van der Waals surface area contributed by atoms with Crippen LogP contribution in [0.3, 0.4) is 0 Å². The van der Waals surface area contributed by atoms with Gasteiger partial charge < -0.3 is 31.2 Å². The SMILES string of the molecule is N#CC(NC(=O)C1(NC(=O)c2ccc(C3CC3)[nH]2)CCC2(CC2)C1)c1c[n+](C2CC23CC(NC(=O)c2ccc(C4CC4)[nH]2)(C(=O)NC(C#N)c2cncc4ccccc24)C3)cc2ccccc12. The number of nitrogens with zero attached hydrogens (tertiary/aromatic N) is 4. The van der Waals surface area contributed by atoms with Crippen LogP contribution in [0.5, 0.6) is 0 Å². The second kappa shape index (κ2) is 15.1. The second-order valence-corrected chi connectivity index (χ2v) is 20.7. The number of rotatable bonds is 13. The van der Waals surface area contributed by atoms with Crippen LogP contribution >= 0.6 is 0 Å².